The summed E-state index contributed by atoms with van der Waals surface area (Å²) in [6.07, 6.45) is 4.05. The van der Waals surface area contributed by atoms with Crippen molar-refractivity contribution in [2.75, 3.05) is 13.7 Å². The zero-order chi connectivity index (χ0) is 18.3. The van der Waals surface area contributed by atoms with Crippen LogP contribution in [0.4, 0.5) is 0 Å². The zero-order valence-corrected chi connectivity index (χ0v) is 15.2. The van der Waals surface area contributed by atoms with Crippen LogP contribution in [-0.2, 0) is 29.1 Å². The number of hydrogen-bond acceptors (Lipinski definition) is 5. The second-order valence-electron chi connectivity index (χ2n) is 6.77. The van der Waals surface area contributed by atoms with Crippen molar-refractivity contribution in [1.82, 2.24) is 29.0 Å². The average Bonchev–Trinajstić information content (AvgIpc) is 3.21. The van der Waals surface area contributed by atoms with Gasteiger partial charge < -0.3 is 18.6 Å². The van der Waals surface area contributed by atoms with Crippen LogP contribution < -0.4 is 0 Å². The second kappa shape index (κ2) is 6.53. The van der Waals surface area contributed by atoms with E-state index in [2.05, 4.69) is 26.7 Å². The Morgan fingerprint density at radius 3 is 3.04 bits per heavy atom. The van der Waals surface area contributed by atoms with Gasteiger partial charge in [0.1, 0.15) is 12.3 Å². The number of amides is 1. The molecule has 0 unspecified atom stereocenters. The van der Waals surface area contributed by atoms with Gasteiger partial charge in [0.2, 0.25) is 5.91 Å². The van der Waals surface area contributed by atoms with Crippen molar-refractivity contribution in [2.45, 2.75) is 39.5 Å². The first-order chi connectivity index (χ1) is 12.6. The maximum atomic E-state index is 12.9. The van der Waals surface area contributed by atoms with Crippen molar-refractivity contribution < 1.29 is 9.53 Å². The van der Waals surface area contributed by atoms with Crippen LogP contribution in [0.3, 0.4) is 0 Å². The number of fused-ring (bicyclic) bond motifs is 2. The van der Waals surface area contributed by atoms with Gasteiger partial charge in [-0.2, -0.15) is 0 Å². The Morgan fingerprint density at radius 1 is 1.38 bits per heavy atom. The minimum atomic E-state index is 0.0719. The molecule has 1 aliphatic rings. The number of aromatic nitrogens is 5. The summed E-state index contributed by atoms with van der Waals surface area (Å²) in [5.74, 6) is 1.68. The lowest BCUT2D eigenvalue weighted by atomic mass is 10.2. The summed E-state index contributed by atoms with van der Waals surface area (Å²) in [4.78, 5) is 19.2. The highest BCUT2D eigenvalue weighted by Crippen LogP contribution is 2.22. The summed E-state index contributed by atoms with van der Waals surface area (Å²) in [6.45, 7) is 5.62. The van der Waals surface area contributed by atoms with E-state index < -0.39 is 0 Å². The third kappa shape index (κ3) is 2.76. The lowest BCUT2D eigenvalue weighted by Crippen LogP contribution is -2.41. The molecule has 0 saturated carbocycles. The van der Waals surface area contributed by atoms with E-state index in [9.17, 15) is 4.79 Å². The van der Waals surface area contributed by atoms with Crippen molar-refractivity contribution in [3.05, 3.63) is 47.4 Å². The summed E-state index contributed by atoms with van der Waals surface area (Å²) in [6, 6.07) is 4.11. The Labute approximate surface area is 151 Å². The maximum Gasteiger partial charge on any atom is 0.229 e. The van der Waals surface area contributed by atoms with E-state index in [1.807, 2.05) is 34.6 Å². The maximum absolute atomic E-state index is 12.9. The fourth-order valence-electron chi connectivity index (χ4n) is 3.63. The highest BCUT2D eigenvalue weighted by Gasteiger charge is 2.29. The molecule has 0 saturated heterocycles. The molecule has 0 bridgehead atoms. The first-order valence-corrected chi connectivity index (χ1v) is 8.69. The number of ether oxygens (including phenoxy) is 1. The molecule has 4 heterocycles. The van der Waals surface area contributed by atoms with E-state index in [1.54, 1.807) is 13.3 Å². The predicted molar refractivity (Wildman–Crippen MR) is 94.5 cm³/mol. The molecule has 0 spiro atoms. The predicted octanol–water partition coefficient (Wildman–Crippen LogP) is 1.53. The number of hydrogen-bond donors (Lipinski definition) is 0. The number of nitrogens with zero attached hydrogens (tertiary/aromatic N) is 6. The molecule has 3 aromatic rings. The fraction of sp³-hybridized carbons (Fsp3) is 0.444. The summed E-state index contributed by atoms with van der Waals surface area (Å²) in [5.41, 5.74) is 2.89. The van der Waals surface area contributed by atoms with Gasteiger partial charge in [-0.15, -0.1) is 10.2 Å². The lowest BCUT2D eigenvalue weighted by molar-refractivity contribution is -0.132. The Morgan fingerprint density at radius 2 is 2.23 bits per heavy atom. The van der Waals surface area contributed by atoms with Gasteiger partial charge in [0.15, 0.2) is 11.6 Å². The molecule has 0 fully saturated rings. The Bertz CT molecular complexity index is 960. The van der Waals surface area contributed by atoms with Gasteiger partial charge in [-0.25, -0.2) is 4.98 Å². The van der Waals surface area contributed by atoms with E-state index in [0.717, 1.165) is 28.6 Å². The molecule has 26 heavy (non-hydrogen) atoms. The number of aryl methyl sites for hydroxylation is 1. The number of pyridine rings is 1. The Hall–Kier alpha value is -2.74. The molecular formula is C18H22N6O2. The van der Waals surface area contributed by atoms with Gasteiger partial charge in [-0.1, -0.05) is 6.07 Å². The molecule has 1 aliphatic heterocycles. The summed E-state index contributed by atoms with van der Waals surface area (Å²) in [5, 5.41) is 8.43. The van der Waals surface area contributed by atoms with Crippen LogP contribution in [0.2, 0.25) is 0 Å². The summed E-state index contributed by atoms with van der Waals surface area (Å²) < 4.78 is 9.24. The van der Waals surface area contributed by atoms with Crippen LogP contribution >= 0.6 is 0 Å². The van der Waals surface area contributed by atoms with Crippen LogP contribution in [0.5, 0.6) is 0 Å². The molecule has 0 aliphatic carbocycles. The zero-order valence-electron chi connectivity index (χ0n) is 15.2. The number of methoxy groups -OCH3 is 1. The molecule has 4 rings (SSSR count). The number of rotatable bonds is 4. The topological polar surface area (TPSA) is 77.6 Å². The van der Waals surface area contributed by atoms with Gasteiger partial charge >= 0.3 is 0 Å². The first-order valence-electron chi connectivity index (χ1n) is 8.69. The fourth-order valence-corrected chi connectivity index (χ4v) is 3.63. The summed E-state index contributed by atoms with van der Waals surface area (Å²) >= 11 is 0. The minimum absolute atomic E-state index is 0.0719. The van der Waals surface area contributed by atoms with E-state index in [4.69, 9.17) is 4.74 Å². The van der Waals surface area contributed by atoms with E-state index in [0.29, 0.717) is 26.1 Å². The Kier molecular flexibility index (Phi) is 4.20. The summed E-state index contributed by atoms with van der Waals surface area (Å²) in [7, 11) is 1.64. The third-order valence-electron chi connectivity index (χ3n) is 4.86. The third-order valence-corrected chi connectivity index (χ3v) is 4.86. The molecule has 0 radical (unpaired) electrons. The quantitative estimate of drug-likeness (QED) is 0.710. The van der Waals surface area contributed by atoms with Crippen LogP contribution in [-0.4, -0.2) is 48.6 Å². The molecule has 136 valence electrons. The van der Waals surface area contributed by atoms with Crippen molar-refractivity contribution >= 4 is 11.6 Å². The van der Waals surface area contributed by atoms with Gasteiger partial charge in [-0.3, -0.25) is 4.79 Å². The van der Waals surface area contributed by atoms with Gasteiger partial charge in [0.05, 0.1) is 24.7 Å². The molecule has 8 nitrogen and oxygen atoms in total. The standard InChI is InChI=1S/C18H22N6O2/c1-12-5-4-6-23-14(8-19-18(12)23)7-17(25)22-9-13(2)24-15(10-22)20-21-16(24)11-26-3/h4-6,8,13H,7,9-11H2,1-3H3/t13-/m0/s1. The van der Waals surface area contributed by atoms with E-state index in [1.165, 1.54) is 0 Å². The van der Waals surface area contributed by atoms with E-state index >= 15 is 0 Å². The monoisotopic (exact) mass is 354 g/mol. The molecule has 0 N–H and O–H groups in total. The normalized spacial score (nSPS) is 16.9. The Balaban J connectivity index is 1.54. The lowest BCUT2D eigenvalue weighted by Gasteiger charge is -2.32. The first kappa shape index (κ1) is 16.7. The van der Waals surface area contributed by atoms with Crippen LogP contribution in [0, 0.1) is 6.92 Å². The van der Waals surface area contributed by atoms with Crippen molar-refractivity contribution in [2.24, 2.45) is 0 Å². The van der Waals surface area contributed by atoms with Crippen molar-refractivity contribution in [1.29, 1.82) is 0 Å². The number of imidazole rings is 1. The molecule has 1 amide bonds. The molecule has 8 heteroatoms. The largest absolute Gasteiger partial charge is 0.377 e. The van der Waals surface area contributed by atoms with Gasteiger partial charge in [0, 0.05) is 26.0 Å². The molecule has 1 atom stereocenters. The van der Waals surface area contributed by atoms with Crippen LogP contribution in [0.25, 0.3) is 5.65 Å². The highest BCUT2D eigenvalue weighted by atomic mass is 16.5. The van der Waals surface area contributed by atoms with Crippen LogP contribution in [0.15, 0.2) is 24.5 Å². The molecule has 3 aromatic heterocycles. The SMILES string of the molecule is COCc1nnc2n1[C@@H](C)CN(C(=O)Cc1cnc3c(C)cccn13)C2. The average molecular weight is 354 g/mol. The van der Waals surface area contributed by atoms with Crippen molar-refractivity contribution in [3.63, 3.8) is 0 Å². The number of carbonyl (C=O) groups is 1. The number of carbonyl (C=O) groups excluding carboxylic acids is 1. The second-order valence-corrected chi connectivity index (χ2v) is 6.77. The van der Waals surface area contributed by atoms with Crippen LogP contribution in [0.1, 0.15) is 35.9 Å². The van der Waals surface area contributed by atoms with E-state index in [-0.39, 0.29) is 11.9 Å². The highest BCUT2D eigenvalue weighted by molar-refractivity contribution is 5.78. The molecule has 0 aromatic carbocycles. The molecular weight excluding hydrogens is 332 g/mol. The van der Waals surface area contributed by atoms with Gasteiger partial charge in [-0.05, 0) is 25.5 Å². The van der Waals surface area contributed by atoms with Crippen molar-refractivity contribution in [3.8, 4) is 0 Å². The van der Waals surface area contributed by atoms with Gasteiger partial charge in [0.25, 0.3) is 0 Å². The smallest absolute Gasteiger partial charge is 0.229 e. The minimum Gasteiger partial charge on any atom is -0.377 e.